The number of methoxy groups -OCH3 is 2. The molecule has 3 fully saturated rings. The van der Waals surface area contributed by atoms with E-state index in [0.29, 0.717) is 18.9 Å². The van der Waals surface area contributed by atoms with Gasteiger partial charge in [0.1, 0.15) is 11.9 Å². The molecule has 4 aliphatic rings. The largest absolute Gasteiger partial charge is 0.469 e. The van der Waals surface area contributed by atoms with E-state index < -0.39 is 18.1 Å². The van der Waals surface area contributed by atoms with Crippen molar-refractivity contribution in [3.63, 3.8) is 0 Å². The number of likely N-dealkylation sites (tertiary alicyclic amines) is 2. The van der Waals surface area contributed by atoms with Crippen LogP contribution in [0.3, 0.4) is 0 Å². The number of ether oxygens (including phenoxy) is 2. The number of hydrogen-bond donors (Lipinski definition) is 2. The molecule has 3 aromatic rings. The second kappa shape index (κ2) is 16.5. The van der Waals surface area contributed by atoms with Crippen molar-refractivity contribution in [1.82, 2.24) is 25.1 Å². The molecule has 2 saturated heterocycles. The summed E-state index contributed by atoms with van der Waals surface area (Å²) >= 11 is 0. The first-order chi connectivity index (χ1) is 27.0. The minimum Gasteiger partial charge on any atom is -0.469 e. The summed E-state index contributed by atoms with van der Waals surface area (Å²) in [5, 5.41) is 2.70. The molecule has 2 aromatic carbocycles. The van der Waals surface area contributed by atoms with Gasteiger partial charge in [-0.1, -0.05) is 76.2 Å². The maximum absolute atomic E-state index is 14.0. The Kier molecular flexibility index (Phi) is 11.5. The van der Waals surface area contributed by atoms with Crippen LogP contribution in [0.4, 0.5) is 4.79 Å². The van der Waals surface area contributed by atoms with Crippen molar-refractivity contribution in [1.29, 1.82) is 0 Å². The maximum Gasteiger partial charge on any atom is 0.407 e. The second-order valence-corrected chi connectivity index (χ2v) is 16.4. The van der Waals surface area contributed by atoms with Crippen LogP contribution in [-0.2, 0) is 23.9 Å². The molecule has 56 heavy (non-hydrogen) atoms. The number of fused-ring (bicyclic) bond motifs is 2. The average molecular weight is 763 g/mol. The number of imidazole rings is 1. The van der Waals surface area contributed by atoms with Crippen molar-refractivity contribution < 1.29 is 28.7 Å². The van der Waals surface area contributed by atoms with Gasteiger partial charge in [-0.15, -0.1) is 0 Å². The highest BCUT2D eigenvalue weighted by Gasteiger charge is 2.52. The molecule has 2 N–H and O–H groups in total. The number of hydrogen-bond acceptors (Lipinski definition) is 8. The van der Waals surface area contributed by atoms with Crippen molar-refractivity contribution in [2.45, 2.75) is 96.8 Å². The van der Waals surface area contributed by atoms with E-state index in [1.165, 1.54) is 14.2 Å². The fourth-order valence-corrected chi connectivity index (χ4v) is 9.17. The molecule has 296 valence electrons. The van der Waals surface area contributed by atoms with E-state index in [2.05, 4.69) is 68.7 Å². The van der Waals surface area contributed by atoms with Crippen LogP contribution in [0.1, 0.15) is 90.1 Å². The number of nitrogens with zero attached hydrogens (tertiary/aromatic N) is 4. The molecular formula is C44H54N6O6. The van der Waals surface area contributed by atoms with E-state index in [0.717, 1.165) is 77.2 Å². The van der Waals surface area contributed by atoms with Crippen LogP contribution in [0.5, 0.6) is 0 Å². The highest BCUT2D eigenvalue weighted by Crippen LogP contribution is 2.46. The van der Waals surface area contributed by atoms with Gasteiger partial charge in [0.15, 0.2) is 0 Å². The molecule has 4 heterocycles. The van der Waals surface area contributed by atoms with E-state index in [9.17, 15) is 19.2 Å². The number of piperidine rings is 1. The smallest absolute Gasteiger partial charge is 0.407 e. The molecule has 0 unspecified atom stereocenters. The van der Waals surface area contributed by atoms with E-state index in [-0.39, 0.29) is 54.2 Å². The van der Waals surface area contributed by atoms with Crippen LogP contribution in [0.2, 0.25) is 0 Å². The number of alkyl carbamates (subject to hydrolysis) is 1. The number of H-pyrrole nitrogens is 1. The molecule has 1 aliphatic carbocycles. The predicted molar refractivity (Wildman–Crippen MR) is 214 cm³/mol. The van der Waals surface area contributed by atoms with Gasteiger partial charge in [0.05, 0.1) is 50.5 Å². The van der Waals surface area contributed by atoms with Crippen molar-refractivity contribution in [2.75, 3.05) is 20.8 Å². The molecule has 0 spiro atoms. The Balaban J connectivity index is 0.987. The molecule has 2 bridgehead atoms. The monoisotopic (exact) mass is 762 g/mol. The SMILES string of the molecule is COC(=O)C[C@H](C(=O)N1[C@@H]2CC[C@@H](C2)[C@H]1C1=NC=C(c2ccc(-c3ccc(-c4cnc([C@@H]5CCCN5C(=O)[C@@H](NC(=O)OC)C(C)C)[nH]4)cc3)cc2)C1)C(C)C. The third kappa shape index (κ3) is 7.75. The van der Waals surface area contributed by atoms with E-state index in [1.807, 2.05) is 45.0 Å². The molecule has 7 rings (SSSR count). The summed E-state index contributed by atoms with van der Waals surface area (Å²) in [5.74, 6) is 0.243. The average Bonchev–Trinajstić information content (AvgIpc) is 4.06. The molecule has 12 heteroatoms. The van der Waals surface area contributed by atoms with Crippen LogP contribution in [0, 0.1) is 23.7 Å². The zero-order chi connectivity index (χ0) is 39.7. The van der Waals surface area contributed by atoms with Gasteiger partial charge in [-0.3, -0.25) is 19.4 Å². The minimum atomic E-state index is -0.682. The number of carbonyl (C=O) groups excluding carboxylic acids is 4. The quantitative estimate of drug-likeness (QED) is 0.186. The van der Waals surface area contributed by atoms with Crippen LogP contribution in [0.25, 0.3) is 28.0 Å². The van der Waals surface area contributed by atoms with Gasteiger partial charge >= 0.3 is 12.1 Å². The topological polar surface area (TPSA) is 146 Å². The zero-order valence-corrected chi connectivity index (χ0v) is 33.3. The van der Waals surface area contributed by atoms with Gasteiger partial charge in [-0.25, -0.2) is 9.78 Å². The van der Waals surface area contributed by atoms with Crippen molar-refractivity contribution in [3.05, 3.63) is 72.3 Å². The van der Waals surface area contributed by atoms with Gasteiger partial charge in [-0.05, 0) is 77.7 Å². The fourth-order valence-electron chi connectivity index (χ4n) is 9.17. The summed E-state index contributed by atoms with van der Waals surface area (Å²) in [6, 6.07) is 16.2. The Bertz CT molecular complexity index is 2000. The number of rotatable bonds is 12. The van der Waals surface area contributed by atoms with Crippen LogP contribution in [0.15, 0.2) is 65.9 Å². The van der Waals surface area contributed by atoms with Gasteiger partial charge in [0.25, 0.3) is 0 Å². The third-order valence-corrected chi connectivity index (χ3v) is 12.3. The normalized spacial score (nSPS) is 22.6. The Labute approximate surface area is 329 Å². The molecule has 3 aliphatic heterocycles. The Morgan fingerprint density at radius 1 is 0.857 bits per heavy atom. The summed E-state index contributed by atoms with van der Waals surface area (Å²) in [5.41, 5.74) is 7.35. The molecule has 0 radical (unpaired) electrons. The molecule has 1 saturated carbocycles. The number of esters is 1. The lowest BCUT2D eigenvalue weighted by Crippen LogP contribution is -2.52. The van der Waals surface area contributed by atoms with Crippen molar-refractivity contribution in [2.24, 2.45) is 28.7 Å². The lowest BCUT2D eigenvalue weighted by atomic mass is 9.87. The van der Waals surface area contributed by atoms with Crippen LogP contribution < -0.4 is 5.32 Å². The van der Waals surface area contributed by atoms with E-state index >= 15 is 0 Å². The number of aliphatic imine (C=N–C) groups is 1. The molecule has 3 amide bonds. The highest BCUT2D eigenvalue weighted by atomic mass is 16.5. The lowest BCUT2D eigenvalue weighted by molar-refractivity contribution is -0.149. The van der Waals surface area contributed by atoms with Crippen LogP contribution in [-0.4, -0.2) is 88.2 Å². The number of allylic oxidation sites excluding steroid dienone is 1. The lowest BCUT2D eigenvalue weighted by Gasteiger charge is -2.38. The first-order valence-electron chi connectivity index (χ1n) is 20.0. The standard InChI is InChI=1S/C44H54N6O6/c1-25(2)34(22-38(51)55-5)42(52)50-33-18-17-31(20-33)40(50)35-21-32(23-45-35)29-11-9-27(10-12-29)28-13-15-30(16-14-28)36-24-46-41(47-36)37-8-7-19-49(37)43(53)39(26(3)4)48-44(54)56-6/h9-16,23-26,31,33-34,37,39-40H,7-8,17-22H2,1-6H3,(H,46,47)(H,48,54)/t31-,33+,34-,37-,39-,40-/m0/s1. The first kappa shape index (κ1) is 39.0. The number of carbonyl (C=O) groups is 4. The number of aromatic nitrogens is 2. The van der Waals surface area contributed by atoms with Crippen molar-refractivity contribution >= 4 is 35.2 Å². The number of aromatic amines is 1. The first-order valence-corrected chi connectivity index (χ1v) is 20.0. The summed E-state index contributed by atoms with van der Waals surface area (Å²) in [6.45, 7) is 8.42. The second-order valence-electron chi connectivity index (χ2n) is 16.4. The molecule has 1 aromatic heterocycles. The minimum absolute atomic E-state index is 0.0233. The van der Waals surface area contributed by atoms with E-state index in [4.69, 9.17) is 14.5 Å². The number of nitrogens with one attached hydrogen (secondary N) is 2. The van der Waals surface area contributed by atoms with Gasteiger partial charge in [-0.2, -0.15) is 0 Å². The summed E-state index contributed by atoms with van der Waals surface area (Å²) < 4.78 is 9.70. The molecular weight excluding hydrogens is 709 g/mol. The highest BCUT2D eigenvalue weighted by molar-refractivity contribution is 6.04. The number of benzene rings is 2. The van der Waals surface area contributed by atoms with Gasteiger partial charge in [0.2, 0.25) is 11.8 Å². The third-order valence-electron chi connectivity index (χ3n) is 12.3. The fraction of sp³-hybridized carbons (Fsp3) is 0.500. The van der Waals surface area contributed by atoms with Crippen LogP contribution >= 0.6 is 0 Å². The molecule has 12 nitrogen and oxygen atoms in total. The number of amides is 3. The molecule has 6 atom stereocenters. The summed E-state index contributed by atoms with van der Waals surface area (Å²) in [4.78, 5) is 68.7. The van der Waals surface area contributed by atoms with E-state index in [1.54, 1.807) is 0 Å². The predicted octanol–water partition coefficient (Wildman–Crippen LogP) is 7.19. The summed E-state index contributed by atoms with van der Waals surface area (Å²) in [7, 11) is 2.67. The Hall–Kier alpha value is -5.26. The Morgan fingerprint density at radius 2 is 1.54 bits per heavy atom. The maximum atomic E-state index is 14.0. The zero-order valence-electron chi connectivity index (χ0n) is 33.3. The van der Waals surface area contributed by atoms with Gasteiger partial charge < -0.3 is 29.6 Å². The Morgan fingerprint density at radius 3 is 2.18 bits per heavy atom. The van der Waals surface area contributed by atoms with Gasteiger partial charge in [0, 0.05) is 30.9 Å². The van der Waals surface area contributed by atoms with Crippen molar-refractivity contribution in [3.8, 4) is 22.4 Å². The summed E-state index contributed by atoms with van der Waals surface area (Å²) in [6.07, 6.45) is 8.72.